The van der Waals surface area contributed by atoms with Crippen LogP contribution < -0.4 is 5.73 Å². The average Bonchev–Trinajstić information content (AvgIpc) is 3.17. The van der Waals surface area contributed by atoms with Crippen molar-refractivity contribution < 1.29 is 4.79 Å². The monoisotopic (exact) mass is 368 g/mol. The molecule has 1 atom stereocenters. The number of likely N-dealkylation sites (tertiary alicyclic amines) is 1. The van der Waals surface area contributed by atoms with Crippen LogP contribution >= 0.6 is 34.5 Å². The summed E-state index contributed by atoms with van der Waals surface area (Å²) >= 11 is 13.5. The molecule has 0 radical (unpaired) electrons. The Kier molecular flexibility index (Phi) is 4.70. The largest absolute Gasteiger partial charge is 0.337 e. The summed E-state index contributed by atoms with van der Waals surface area (Å²) in [5, 5.41) is 1.05. The highest BCUT2D eigenvalue weighted by molar-refractivity contribution is 7.17. The van der Waals surface area contributed by atoms with Gasteiger partial charge in [0.25, 0.3) is 5.91 Å². The highest BCUT2D eigenvalue weighted by atomic mass is 35.5. The number of rotatable bonds is 3. The summed E-state index contributed by atoms with van der Waals surface area (Å²) < 4.78 is 0. The van der Waals surface area contributed by atoms with Crippen LogP contribution in [-0.2, 0) is 0 Å². The van der Waals surface area contributed by atoms with Gasteiger partial charge >= 0.3 is 0 Å². The zero-order chi connectivity index (χ0) is 16.6. The molecule has 1 aliphatic rings. The zero-order valence-corrected chi connectivity index (χ0v) is 15.1. The molecule has 1 fully saturated rings. The van der Waals surface area contributed by atoms with Gasteiger partial charge in [-0.15, -0.1) is 11.3 Å². The van der Waals surface area contributed by atoms with Gasteiger partial charge in [0.1, 0.15) is 0 Å². The van der Waals surface area contributed by atoms with Gasteiger partial charge in [-0.05, 0) is 48.2 Å². The summed E-state index contributed by atoms with van der Waals surface area (Å²) in [5.41, 5.74) is 6.83. The first-order valence-corrected chi connectivity index (χ1v) is 9.04. The predicted octanol–water partition coefficient (Wildman–Crippen LogP) is 4.53. The Hall–Kier alpha value is -1.07. The van der Waals surface area contributed by atoms with E-state index in [2.05, 4.69) is 6.92 Å². The van der Waals surface area contributed by atoms with Crippen LogP contribution in [-0.4, -0.2) is 30.4 Å². The zero-order valence-electron chi connectivity index (χ0n) is 12.8. The Labute approximate surface area is 150 Å². The third-order valence-electron chi connectivity index (χ3n) is 4.36. The van der Waals surface area contributed by atoms with Gasteiger partial charge in [-0.1, -0.05) is 36.2 Å². The number of nitrogens with zero attached hydrogens (tertiary/aromatic N) is 1. The van der Waals surface area contributed by atoms with Crippen molar-refractivity contribution in [2.24, 2.45) is 11.1 Å². The number of benzene rings is 1. The molecular formula is C17H18Cl2N2OS. The van der Waals surface area contributed by atoms with Crippen LogP contribution in [0.15, 0.2) is 30.3 Å². The minimum atomic E-state index is 0.0411. The number of hydrogen-bond donors (Lipinski definition) is 1. The van der Waals surface area contributed by atoms with Gasteiger partial charge in [0, 0.05) is 18.0 Å². The lowest BCUT2D eigenvalue weighted by Crippen LogP contribution is -2.34. The fourth-order valence-electron chi connectivity index (χ4n) is 2.78. The summed E-state index contributed by atoms with van der Waals surface area (Å²) in [7, 11) is 0. The highest BCUT2D eigenvalue weighted by Gasteiger charge is 2.35. The third kappa shape index (κ3) is 3.41. The lowest BCUT2D eigenvalue weighted by molar-refractivity contribution is 0.0781. The molecule has 2 heterocycles. The molecule has 0 aliphatic carbocycles. The Morgan fingerprint density at radius 2 is 2.09 bits per heavy atom. The molecule has 1 amide bonds. The molecule has 0 spiro atoms. The van der Waals surface area contributed by atoms with Gasteiger partial charge in [-0.25, -0.2) is 0 Å². The van der Waals surface area contributed by atoms with E-state index in [-0.39, 0.29) is 11.3 Å². The van der Waals surface area contributed by atoms with E-state index in [9.17, 15) is 4.79 Å². The second-order valence-corrected chi connectivity index (χ2v) is 8.18. The van der Waals surface area contributed by atoms with E-state index in [1.807, 2.05) is 29.2 Å². The third-order valence-corrected chi connectivity index (χ3v) is 6.22. The van der Waals surface area contributed by atoms with Crippen LogP contribution in [0.4, 0.5) is 0 Å². The van der Waals surface area contributed by atoms with Crippen LogP contribution in [0.25, 0.3) is 10.4 Å². The number of hydrogen-bond acceptors (Lipinski definition) is 3. The number of halogens is 2. The molecular weight excluding hydrogens is 351 g/mol. The Morgan fingerprint density at radius 1 is 1.30 bits per heavy atom. The van der Waals surface area contributed by atoms with Gasteiger partial charge in [0.15, 0.2) is 0 Å². The van der Waals surface area contributed by atoms with Crippen molar-refractivity contribution in [1.29, 1.82) is 0 Å². The molecule has 3 rings (SSSR count). The van der Waals surface area contributed by atoms with Crippen LogP contribution in [0.2, 0.25) is 10.0 Å². The van der Waals surface area contributed by atoms with Crippen molar-refractivity contribution >= 4 is 40.4 Å². The van der Waals surface area contributed by atoms with Crippen molar-refractivity contribution in [3.8, 4) is 10.4 Å². The quantitative estimate of drug-likeness (QED) is 0.864. The standard InChI is InChI=1S/C17H18Cl2N2OS/c1-17(9-20)6-7-21(10-17)16(22)15-5-4-14(23-15)11-2-3-12(18)13(19)8-11/h2-5,8H,6-7,9-10,20H2,1H3. The predicted molar refractivity (Wildman–Crippen MR) is 97.5 cm³/mol. The molecule has 1 aromatic carbocycles. The van der Waals surface area contributed by atoms with E-state index < -0.39 is 0 Å². The molecule has 1 aromatic heterocycles. The van der Waals surface area contributed by atoms with Gasteiger partial charge < -0.3 is 10.6 Å². The first kappa shape index (κ1) is 16.8. The number of nitrogens with two attached hydrogens (primary N) is 1. The van der Waals surface area contributed by atoms with Gasteiger partial charge in [0.2, 0.25) is 0 Å². The maximum absolute atomic E-state index is 12.7. The topological polar surface area (TPSA) is 46.3 Å². The molecule has 6 heteroatoms. The van der Waals surface area contributed by atoms with Gasteiger partial charge in [0.05, 0.1) is 14.9 Å². The number of thiophene rings is 1. The molecule has 0 saturated carbocycles. The van der Waals surface area contributed by atoms with Crippen LogP contribution in [0, 0.1) is 5.41 Å². The fraction of sp³-hybridized carbons (Fsp3) is 0.353. The van der Waals surface area contributed by atoms with Crippen molar-refractivity contribution in [3.05, 3.63) is 45.3 Å². The molecule has 2 N–H and O–H groups in total. The van der Waals surface area contributed by atoms with Crippen LogP contribution in [0.1, 0.15) is 23.0 Å². The van der Waals surface area contributed by atoms with Crippen molar-refractivity contribution in [2.45, 2.75) is 13.3 Å². The van der Waals surface area contributed by atoms with Gasteiger partial charge in [-0.2, -0.15) is 0 Å². The summed E-state index contributed by atoms with van der Waals surface area (Å²) in [6, 6.07) is 9.34. The van der Waals surface area contributed by atoms with E-state index in [0.717, 1.165) is 34.8 Å². The smallest absolute Gasteiger partial charge is 0.263 e. The first-order valence-electron chi connectivity index (χ1n) is 7.46. The van der Waals surface area contributed by atoms with E-state index in [4.69, 9.17) is 28.9 Å². The van der Waals surface area contributed by atoms with E-state index in [0.29, 0.717) is 16.6 Å². The van der Waals surface area contributed by atoms with Crippen molar-refractivity contribution in [1.82, 2.24) is 4.90 Å². The average molecular weight is 369 g/mol. The Balaban J connectivity index is 1.79. The molecule has 1 aliphatic heterocycles. The Bertz CT molecular complexity index is 746. The van der Waals surface area contributed by atoms with E-state index >= 15 is 0 Å². The molecule has 23 heavy (non-hydrogen) atoms. The lowest BCUT2D eigenvalue weighted by atomic mass is 9.90. The normalized spacial score (nSPS) is 21.0. The summed E-state index contributed by atoms with van der Waals surface area (Å²) in [6.45, 7) is 4.24. The Morgan fingerprint density at radius 3 is 2.74 bits per heavy atom. The lowest BCUT2D eigenvalue weighted by Gasteiger charge is -2.22. The maximum Gasteiger partial charge on any atom is 0.263 e. The number of carbonyl (C=O) groups is 1. The van der Waals surface area contributed by atoms with E-state index in [1.54, 1.807) is 6.07 Å². The summed E-state index contributed by atoms with van der Waals surface area (Å²) in [5.74, 6) is 0.0819. The summed E-state index contributed by atoms with van der Waals surface area (Å²) in [6.07, 6.45) is 0.959. The van der Waals surface area contributed by atoms with Crippen molar-refractivity contribution in [2.75, 3.05) is 19.6 Å². The minimum Gasteiger partial charge on any atom is -0.337 e. The van der Waals surface area contributed by atoms with Crippen molar-refractivity contribution in [3.63, 3.8) is 0 Å². The number of amides is 1. The van der Waals surface area contributed by atoms with Crippen LogP contribution in [0.3, 0.4) is 0 Å². The second-order valence-electron chi connectivity index (χ2n) is 6.28. The number of carbonyl (C=O) groups excluding carboxylic acids is 1. The first-order chi connectivity index (χ1) is 10.9. The maximum atomic E-state index is 12.7. The van der Waals surface area contributed by atoms with E-state index in [1.165, 1.54) is 11.3 Å². The molecule has 0 bridgehead atoms. The SMILES string of the molecule is CC1(CN)CCN(C(=O)c2ccc(-c3ccc(Cl)c(Cl)c3)s2)C1. The highest BCUT2D eigenvalue weighted by Crippen LogP contribution is 2.35. The molecule has 3 nitrogen and oxygen atoms in total. The second kappa shape index (κ2) is 6.44. The molecule has 1 saturated heterocycles. The minimum absolute atomic E-state index is 0.0411. The molecule has 122 valence electrons. The molecule has 1 unspecified atom stereocenters. The summed E-state index contributed by atoms with van der Waals surface area (Å²) in [4.78, 5) is 16.3. The molecule has 2 aromatic rings. The van der Waals surface area contributed by atoms with Crippen LogP contribution in [0.5, 0.6) is 0 Å². The van der Waals surface area contributed by atoms with Gasteiger partial charge in [-0.3, -0.25) is 4.79 Å². The fourth-order valence-corrected chi connectivity index (χ4v) is 4.05.